The lowest BCUT2D eigenvalue weighted by Crippen LogP contribution is -2.46. The molecule has 2 atom stereocenters. The summed E-state index contributed by atoms with van der Waals surface area (Å²) in [5, 5.41) is 1.17. The minimum atomic E-state index is 0. The minimum absolute atomic E-state index is 0. The van der Waals surface area contributed by atoms with E-state index in [-0.39, 0.29) is 18.3 Å². The number of nitrogens with one attached hydrogen (secondary N) is 1. The Balaban J connectivity index is 0.00000196. The molecule has 1 saturated carbocycles. The van der Waals surface area contributed by atoms with Crippen LogP contribution in [-0.2, 0) is 11.2 Å². The van der Waals surface area contributed by atoms with Gasteiger partial charge in [-0.15, -0.1) is 12.4 Å². The summed E-state index contributed by atoms with van der Waals surface area (Å²) in [4.78, 5) is 20.8. The second-order valence-corrected chi connectivity index (χ2v) is 7.76. The van der Waals surface area contributed by atoms with Crippen LogP contribution in [0.1, 0.15) is 44.1 Å². The fourth-order valence-electron chi connectivity index (χ4n) is 4.70. The number of amides is 1. The van der Waals surface area contributed by atoms with Crippen molar-refractivity contribution in [3.8, 4) is 0 Å². The molecule has 1 aliphatic carbocycles. The van der Waals surface area contributed by atoms with E-state index in [1.807, 2.05) is 30.3 Å². The molecule has 0 radical (unpaired) electrons. The van der Waals surface area contributed by atoms with Crippen LogP contribution in [0.5, 0.6) is 0 Å². The van der Waals surface area contributed by atoms with E-state index in [4.69, 9.17) is 0 Å². The molecule has 0 bridgehead atoms. The summed E-state index contributed by atoms with van der Waals surface area (Å²) in [5.41, 5.74) is 2.22. The summed E-state index contributed by atoms with van der Waals surface area (Å²) in [6.45, 7) is 2.51. The molecule has 1 saturated heterocycles. The van der Waals surface area contributed by atoms with E-state index < -0.39 is 0 Å². The number of benzene rings is 1. The second-order valence-electron chi connectivity index (χ2n) is 7.76. The van der Waals surface area contributed by atoms with Crippen LogP contribution in [-0.4, -0.2) is 52.9 Å². The van der Waals surface area contributed by atoms with Crippen molar-refractivity contribution in [2.75, 3.05) is 20.1 Å². The van der Waals surface area contributed by atoms with Gasteiger partial charge in [0.25, 0.3) is 0 Å². The zero-order valence-corrected chi connectivity index (χ0v) is 16.4. The lowest BCUT2D eigenvalue weighted by atomic mass is 9.89. The monoisotopic (exact) mass is 375 g/mol. The fourth-order valence-corrected chi connectivity index (χ4v) is 4.70. The van der Waals surface area contributed by atoms with Crippen molar-refractivity contribution >= 4 is 29.2 Å². The molecule has 142 valence electrons. The van der Waals surface area contributed by atoms with Crippen LogP contribution in [0.15, 0.2) is 30.5 Å². The molecule has 1 aromatic carbocycles. The number of hydrogen-bond acceptors (Lipinski definition) is 2. The summed E-state index contributed by atoms with van der Waals surface area (Å²) in [7, 11) is 2.01. The van der Waals surface area contributed by atoms with Crippen LogP contribution in [0.4, 0.5) is 0 Å². The van der Waals surface area contributed by atoms with Crippen molar-refractivity contribution < 1.29 is 4.79 Å². The van der Waals surface area contributed by atoms with E-state index in [1.54, 1.807) is 0 Å². The van der Waals surface area contributed by atoms with Crippen molar-refractivity contribution in [1.29, 1.82) is 0 Å². The van der Waals surface area contributed by atoms with Crippen molar-refractivity contribution in [2.45, 2.75) is 57.0 Å². The molecular weight excluding hydrogens is 346 g/mol. The minimum Gasteiger partial charge on any atom is -0.361 e. The molecule has 0 unspecified atom stereocenters. The molecule has 26 heavy (non-hydrogen) atoms. The number of carbonyl (C=O) groups is 1. The molecular formula is C21H30ClN3O. The largest absolute Gasteiger partial charge is 0.361 e. The number of H-pyrrole nitrogens is 1. The first-order chi connectivity index (χ1) is 12.2. The molecule has 1 aliphatic heterocycles. The van der Waals surface area contributed by atoms with Crippen LogP contribution in [0.25, 0.3) is 10.9 Å². The van der Waals surface area contributed by atoms with Crippen LogP contribution in [0.3, 0.4) is 0 Å². The maximum atomic E-state index is 12.9. The Morgan fingerprint density at radius 1 is 1.19 bits per heavy atom. The molecule has 2 aliphatic rings. The number of likely N-dealkylation sites (tertiary alicyclic amines) is 1. The Morgan fingerprint density at radius 3 is 2.77 bits per heavy atom. The summed E-state index contributed by atoms with van der Waals surface area (Å²) >= 11 is 0. The van der Waals surface area contributed by atoms with E-state index >= 15 is 0 Å². The van der Waals surface area contributed by atoms with Crippen molar-refractivity contribution in [3.05, 3.63) is 36.0 Å². The lowest BCUT2D eigenvalue weighted by molar-refractivity contribution is -0.132. The predicted octanol–water partition coefficient (Wildman–Crippen LogP) is 4.00. The third kappa shape index (κ3) is 3.91. The number of nitrogens with zero attached hydrogens (tertiary/aromatic N) is 2. The molecule has 2 aromatic rings. The van der Waals surface area contributed by atoms with Gasteiger partial charge in [-0.3, -0.25) is 4.79 Å². The quantitative estimate of drug-likeness (QED) is 0.877. The topological polar surface area (TPSA) is 39.3 Å². The maximum Gasteiger partial charge on any atom is 0.227 e. The highest BCUT2D eigenvalue weighted by molar-refractivity contribution is 5.88. The number of likely N-dealkylation sites (N-methyl/N-ethyl adjacent to an activating group) is 1. The zero-order chi connectivity index (χ0) is 17.2. The standard InChI is InChI=1S/C21H29N3O.ClH/c1-23(17-7-6-8-18(14-17)24-11-4-5-12-24)21(25)13-16-15-22-20-10-3-2-9-19(16)20;/h2-3,9-10,15,17-18,22H,4-8,11-14H2,1H3;1H/t17-,18-;/m1./s1. The van der Waals surface area contributed by atoms with Gasteiger partial charge in [-0.1, -0.05) is 18.2 Å². The van der Waals surface area contributed by atoms with Gasteiger partial charge in [0.1, 0.15) is 0 Å². The third-order valence-corrected chi connectivity index (χ3v) is 6.23. The average molecular weight is 376 g/mol. The average Bonchev–Trinajstić information content (AvgIpc) is 3.32. The number of fused-ring (bicyclic) bond motifs is 1. The molecule has 2 fully saturated rings. The summed E-state index contributed by atoms with van der Waals surface area (Å²) < 4.78 is 0. The Morgan fingerprint density at radius 2 is 1.96 bits per heavy atom. The highest BCUT2D eigenvalue weighted by Crippen LogP contribution is 2.29. The normalized spacial score (nSPS) is 23.7. The number of aromatic amines is 1. The van der Waals surface area contributed by atoms with Crippen LogP contribution in [0, 0.1) is 0 Å². The first-order valence-corrected chi connectivity index (χ1v) is 9.77. The van der Waals surface area contributed by atoms with Gasteiger partial charge in [0.2, 0.25) is 5.91 Å². The smallest absolute Gasteiger partial charge is 0.227 e. The predicted molar refractivity (Wildman–Crippen MR) is 109 cm³/mol. The van der Waals surface area contributed by atoms with Gasteiger partial charge in [-0.25, -0.2) is 0 Å². The number of halogens is 1. The molecule has 2 heterocycles. The number of rotatable bonds is 4. The molecule has 1 amide bonds. The molecule has 1 N–H and O–H groups in total. The molecule has 5 heteroatoms. The lowest BCUT2D eigenvalue weighted by Gasteiger charge is -2.39. The summed E-state index contributed by atoms with van der Waals surface area (Å²) in [6, 6.07) is 9.31. The van der Waals surface area contributed by atoms with Gasteiger partial charge in [-0.2, -0.15) is 0 Å². The fraction of sp³-hybridized carbons (Fsp3) is 0.571. The van der Waals surface area contributed by atoms with Gasteiger partial charge < -0.3 is 14.8 Å². The first-order valence-electron chi connectivity index (χ1n) is 9.77. The van der Waals surface area contributed by atoms with Gasteiger partial charge in [0.15, 0.2) is 0 Å². The van der Waals surface area contributed by atoms with Gasteiger partial charge in [0, 0.05) is 36.2 Å². The number of para-hydroxylation sites is 1. The SMILES string of the molecule is CN(C(=O)Cc1c[nH]c2ccccc12)[C@@H]1CCC[C@@H](N2CCCC2)C1.Cl. The number of aromatic nitrogens is 1. The van der Waals surface area contributed by atoms with E-state index in [0.717, 1.165) is 23.9 Å². The molecule has 0 spiro atoms. The van der Waals surface area contributed by atoms with Crippen LogP contribution in [0.2, 0.25) is 0 Å². The first kappa shape index (κ1) is 19.2. The summed E-state index contributed by atoms with van der Waals surface area (Å²) in [6.07, 6.45) is 10.0. The van der Waals surface area contributed by atoms with E-state index in [0.29, 0.717) is 18.5 Å². The van der Waals surface area contributed by atoms with E-state index in [2.05, 4.69) is 22.0 Å². The highest BCUT2D eigenvalue weighted by atomic mass is 35.5. The maximum absolute atomic E-state index is 12.9. The Hall–Kier alpha value is -1.52. The van der Waals surface area contributed by atoms with E-state index in [9.17, 15) is 4.79 Å². The van der Waals surface area contributed by atoms with Crippen LogP contribution >= 0.6 is 12.4 Å². The second kappa shape index (κ2) is 8.45. The third-order valence-electron chi connectivity index (χ3n) is 6.23. The number of hydrogen-bond donors (Lipinski definition) is 1. The Bertz CT molecular complexity index is 738. The molecule has 1 aromatic heterocycles. The van der Waals surface area contributed by atoms with Crippen molar-refractivity contribution in [2.24, 2.45) is 0 Å². The van der Waals surface area contributed by atoms with Gasteiger partial charge in [-0.05, 0) is 63.2 Å². The Kier molecular flexibility index (Phi) is 6.25. The summed E-state index contributed by atoms with van der Waals surface area (Å²) in [5.74, 6) is 0.247. The molecule has 4 rings (SSSR count). The van der Waals surface area contributed by atoms with Gasteiger partial charge in [0.05, 0.1) is 6.42 Å². The zero-order valence-electron chi connectivity index (χ0n) is 15.6. The van der Waals surface area contributed by atoms with Gasteiger partial charge >= 0.3 is 0 Å². The van der Waals surface area contributed by atoms with Crippen LogP contribution < -0.4 is 0 Å². The highest BCUT2D eigenvalue weighted by Gasteiger charge is 2.31. The van der Waals surface area contributed by atoms with Crippen molar-refractivity contribution in [3.63, 3.8) is 0 Å². The molecule has 4 nitrogen and oxygen atoms in total. The van der Waals surface area contributed by atoms with Crippen molar-refractivity contribution in [1.82, 2.24) is 14.8 Å². The Labute approximate surface area is 162 Å². The van der Waals surface area contributed by atoms with E-state index in [1.165, 1.54) is 44.2 Å². The number of carbonyl (C=O) groups excluding carboxylic acids is 1.